The van der Waals surface area contributed by atoms with E-state index in [-0.39, 0.29) is 17.4 Å². The average molecular weight is 341 g/mol. The first-order valence-electron chi connectivity index (χ1n) is 8.75. The van der Waals surface area contributed by atoms with Crippen LogP contribution in [0.5, 0.6) is 0 Å². The van der Waals surface area contributed by atoms with Crippen LogP contribution in [-0.4, -0.2) is 40.6 Å². The van der Waals surface area contributed by atoms with Crippen LogP contribution in [0.15, 0.2) is 24.5 Å². The summed E-state index contributed by atoms with van der Waals surface area (Å²) < 4.78 is 2.19. The molecule has 0 radical (unpaired) electrons. The Labute approximate surface area is 149 Å². The van der Waals surface area contributed by atoms with Gasteiger partial charge < -0.3 is 14.8 Å². The van der Waals surface area contributed by atoms with Crippen molar-refractivity contribution in [3.05, 3.63) is 41.6 Å². The van der Waals surface area contributed by atoms with Gasteiger partial charge in [0.2, 0.25) is 0 Å². The van der Waals surface area contributed by atoms with Gasteiger partial charge in [-0.15, -0.1) is 0 Å². The largest absolute Gasteiger partial charge is 0.362 e. The van der Waals surface area contributed by atoms with Crippen molar-refractivity contribution < 1.29 is 4.79 Å². The molecule has 0 bridgehead atoms. The standard InChI is InChI=1S/C19H27N5O/c1-19(2,3)15-12-24-11-13(8-9-16(24)22-15)21-18(25)14-7-6-10-20-17(14)23(4)5/h6-7,10,12-13H,8-9,11H2,1-5H3,(H,21,25)/t13-/m0/s1. The first-order valence-corrected chi connectivity index (χ1v) is 8.75. The van der Waals surface area contributed by atoms with E-state index in [4.69, 9.17) is 4.98 Å². The van der Waals surface area contributed by atoms with Crippen LogP contribution >= 0.6 is 0 Å². The van der Waals surface area contributed by atoms with Gasteiger partial charge >= 0.3 is 0 Å². The maximum atomic E-state index is 12.7. The van der Waals surface area contributed by atoms with Crippen molar-refractivity contribution in [2.75, 3.05) is 19.0 Å². The first kappa shape index (κ1) is 17.5. The highest BCUT2D eigenvalue weighted by Gasteiger charge is 2.26. The Morgan fingerprint density at radius 2 is 2.12 bits per heavy atom. The van der Waals surface area contributed by atoms with E-state index in [9.17, 15) is 4.79 Å². The molecule has 3 rings (SSSR count). The lowest BCUT2D eigenvalue weighted by Gasteiger charge is -2.25. The van der Waals surface area contributed by atoms with Crippen LogP contribution in [0.3, 0.4) is 0 Å². The van der Waals surface area contributed by atoms with Gasteiger partial charge in [-0.25, -0.2) is 9.97 Å². The maximum absolute atomic E-state index is 12.7. The summed E-state index contributed by atoms with van der Waals surface area (Å²) in [7, 11) is 3.79. The fourth-order valence-corrected chi connectivity index (χ4v) is 3.12. The number of hydrogen-bond acceptors (Lipinski definition) is 4. The van der Waals surface area contributed by atoms with Crippen molar-refractivity contribution in [1.29, 1.82) is 0 Å². The van der Waals surface area contributed by atoms with Gasteiger partial charge in [-0.1, -0.05) is 20.8 Å². The SMILES string of the molecule is CN(C)c1ncccc1C(=O)N[C@H]1CCc2nc(C(C)(C)C)cn2C1. The normalized spacial score (nSPS) is 17.1. The van der Waals surface area contributed by atoms with Crippen molar-refractivity contribution in [2.24, 2.45) is 0 Å². The van der Waals surface area contributed by atoms with E-state index in [1.165, 1.54) is 0 Å². The second kappa shape index (κ2) is 6.50. The molecule has 6 nitrogen and oxygen atoms in total. The van der Waals surface area contributed by atoms with Crippen molar-refractivity contribution in [1.82, 2.24) is 19.9 Å². The summed E-state index contributed by atoms with van der Waals surface area (Å²) in [5, 5.41) is 3.17. The lowest BCUT2D eigenvalue weighted by Crippen LogP contribution is -2.41. The van der Waals surface area contributed by atoms with Crippen LogP contribution < -0.4 is 10.2 Å². The lowest BCUT2D eigenvalue weighted by molar-refractivity contribution is 0.0928. The third-order valence-electron chi connectivity index (χ3n) is 4.55. The quantitative estimate of drug-likeness (QED) is 0.931. The second-order valence-corrected chi connectivity index (χ2v) is 7.92. The number of anilines is 1. The van der Waals surface area contributed by atoms with Crippen LogP contribution in [0.4, 0.5) is 5.82 Å². The highest BCUT2D eigenvalue weighted by Crippen LogP contribution is 2.24. The van der Waals surface area contributed by atoms with Crippen LogP contribution in [0, 0.1) is 0 Å². The summed E-state index contributed by atoms with van der Waals surface area (Å²) in [6.07, 6.45) is 5.62. The van der Waals surface area contributed by atoms with Crippen molar-refractivity contribution in [3.63, 3.8) is 0 Å². The van der Waals surface area contributed by atoms with E-state index >= 15 is 0 Å². The van der Waals surface area contributed by atoms with Crippen molar-refractivity contribution in [2.45, 2.75) is 51.6 Å². The van der Waals surface area contributed by atoms with Gasteiger partial charge in [0.15, 0.2) is 0 Å². The second-order valence-electron chi connectivity index (χ2n) is 7.92. The zero-order valence-electron chi connectivity index (χ0n) is 15.7. The Morgan fingerprint density at radius 1 is 1.36 bits per heavy atom. The number of fused-ring (bicyclic) bond motifs is 1. The fraction of sp³-hybridized carbons (Fsp3) is 0.526. The predicted molar refractivity (Wildman–Crippen MR) is 99.1 cm³/mol. The van der Waals surface area contributed by atoms with Crippen LogP contribution in [0.2, 0.25) is 0 Å². The van der Waals surface area contributed by atoms with Gasteiger partial charge in [0, 0.05) is 50.9 Å². The van der Waals surface area contributed by atoms with Gasteiger partial charge in [0.25, 0.3) is 5.91 Å². The molecule has 2 aromatic heterocycles. The zero-order valence-corrected chi connectivity index (χ0v) is 15.7. The Kier molecular flexibility index (Phi) is 4.54. The van der Waals surface area contributed by atoms with E-state index in [0.29, 0.717) is 11.4 Å². The highest BCUT2D eigenvalue weighted by atomic mass is 16.1. The predicted octanol–water partition coefficient (Wildman–Crippen LogP) is 2.39. The highest BCUT2D eigenvalue weighted by molar-refractivity contribution is 5.99. The summed E-state index contributed by atoms with van der Waals surface area (Å²) in [6, 6.07) is 3.73. The molecule has 0 unspecified atom stereocenters. The number of nitrogens with one attached hydrogen (secondary N) is 1. The molecule has 0 aliphatic carbocycles. The number of hydrogen-bond donors (Lipinski definition) is 1. The summed E-state index contributed by atoms with van der Waals surface area (Å²) in [5.41, 5.74) is 1.76. The smallest absolute Gasteiger partial charge is 0.255 e. The number of carbonyl (C=O) groups excluding carboxylic acids is 1. The molecule has 6 heteroatoms. The van der Waals surface area contributed by atoms with Crippen LogP contribution in [-0.2, 0) is 18.4 Å². The third kappa shape index (κ3) is 3.67. The molecule has 1 aliphatic rings. The summed E-state index contributed by atoms with van der Waals surface area (Å²) in [4.78, 5) is 23.6. The van der Waals surface area contributed by atoms with Crippen molar-refractivity contribution in [3.8, 4) is 0 Å². The molecular weight excluding hydrogens is 314 g/mol. The van der Waals surface area contributed by atoms with Crippen LogP contribution in [0.1, 0.15) is 49.1 Å². The molecule has 1 N–H and O–H groups in total. The summed E-state index contributed by atoms with van der Waals surface area (Å²) >= 11 is 0. The topological polar surface area (TPSA) is 63.1 Å². The Morgan fingerprint density at radius 3 is 2.80 bits per heavy atom. The number of nitrogens with zero attached hydrogens (tertiary/aromatic N) is 4. The van der Waals surface area contributed by atoms with E-state index in [1.54, 1.807) is 12.3 Å². The number of aryl methyl sites for hydroxylation is 1. The number of amides is 1. The minimum absolute atomic E-state index is 0.0411. The molecule has 25 heavy (non-hydrogen) atoms. The molecular formula is C19H27N5O. The molecule has 0 fully saturated rings. The first-order chi connectivity index (χ1) is 11.8. The number of carbonyl (C=O) groups is 1. The third-order valence-corrected chi connectivity index (χ3v) is 4.55. The van der Waals surface area contributed by atoms with E-state index in [0.717, 1.165) is 30.9 Å². The maximum Gasteiger partial charge on any atom is 0.255 e. The van der Waals surface area contributed by atoms with Gasteiger partial charge in [-0.3, -0.25) is 4.79 Å². The van der Waals surface area contributed by atoms with Gasteiger partial charge in [0.1, 0.15) is 11.6 Å². The van der Waals surface area contributed by atoms with Gasteiger partial charge in [-0.05, 0) is 18.6 Å². The zero-order chi connectivity index (χ0) is 18.2. The number of rotatable bonds is 3. The molecule has 0 aromatic carbocycles. The van der Waals surface area contributed by atoms with E-state index < -0.39 is 0 Å². The Balaban J connectivity index is 1.73. The molecule has 1 atom stereocenters. The number of imidazole rings is 1. The van der Waals surface area contributed by atoms with Crippen LogP contribution in [0.25, 0.3) is 0 Å². The monoisotopic (exact) mass is 341 g/mol. The molecule has 1 amide bonds. The molecule has 3 heterocycles. The van der Waals surface area contributed by atoms with E-state index in [1.807, 2.05) is 25.1 Å². The lowest BCUT2D eigenvalue weighted by atomic mass is 9.93. The van der Waals surface area contributed by atoms with Gasteiger partial charge in [-0.2, -0.15) is 0 Å². The van der Waals surface area contributed by atoms with Gasteiger partial charge in [0.05, 0.1) is 11.3 Å². The molecule has 0 saturated heterocycles. The average Bonchev–Trinajstić information content (AvgIpc) is 2.98. The number of pyridine rings is 1. The Bertz CT molecular complexity index is 772. The molecule has 2 aromatic rings. The summed E-state index contributed by atoms with van der Waals surface area (Å²) in [5.74, 6) is 1.74. The fourth-order valence-electron chi connectivity index (χ4n) is 3.12. The minimum atomic E-state index is -0.0681. The van der Waals surface area contributed by atoms with Crippen molar-refractivity contribution >= 4 is 11.7 Å². The molecule has 1 aliphatic heterocycles. The Hall–Kier alpha value is -2.37. The molecule has 0 saturated carbocycles. The summed E-state index contributed by atoms with van der Waals surface area (Å²) in [6.45, 7) is 7.28. The minimum Gasteiger partial charge on any atom is -0.362 e. The van der Waals surface area contributed by atoms with E-state index in [2.05, 4.69) is 41.8 Å². The number of aromatic nitrogens is 3. The molecule has 0 spiro atoms. The molecule has 134 valence electrons.